The molecule has 3 aliphatic rings. The van der Waals surface area contributed by atoms with Crippen molar-refractivity contribution in [1.82, 2.24) is 0 Å². The SMILES string of the molecule is O=P(OC1C(Cl)=CC(Cl)=C(c2c(Br)cc(Br)cc2Br)C1(Cl)c1c(Br)cc(Br)cc1Br)(OC1C(Cl)=CC(Cl)=C(c2c(Br)cc(Br)cc2Br)C1(Cl)c1c(Br)cc(Br)cc1Br)OC1C(Cl)=CC(Cl)=C(c2c(Br)cc(Br)cc2Br)C1(Cl)c1c(Br)cc(Br)cc1Br. The highest BCUT2D eigenvalue weighted by molar-refractivity contribution is 9.14. The molecular weight excluding hydrogens is 2500 g/mol. The molecule has 6 aromatic carbocycles. The first-order valence-corrected chi connectivity index (χ1v) is 42.1. The summed E-state index contributed by atoms with van der Waals surface area (Å²) < 4.78 is 49.3. The van der Waals surface area contributed by atoms with Crippen molar-refractivity contribution >= 4 is 416 Å². The van der Waals surface area contributed by atoms with Crippen LogP contribution in [0.1, 0.15) is 33.4 Å². The number of phosphoric ester groups is 1. The highest BCUT2D eigenvalue weighted by atomic mass is 79.9. The number of benzene rings is 6. The molecule has 6 aromatic rings. The first-order chi connectivity index (χ1) is 40.0. The molecule has 0 radical (unpaired) electrons. The number of alkyl halides is 3. The lowest BCUT2D eigenvalue weighted by Crippen LogP contribution is -2.45. The fraction of sp³-hybridized carbons (Fsp3) is 0.111. The van der Waals surface area contributed by atoms with E-state index in [2.05, 4.69) is 287 Å². The van der Waals surface area contributed by atoms with Gasteiger partial charge in [0.05, 0.1) is 15.1 Å². The van der Waals surface area contributed by atoms with Gasteiger partial charge in [-0.1, -0.05) is 356 Å². The lowest BCUT2D eigenvalue weighted by atomic mass is 9.78. The zero-order valence-corrected chi connectivity index (χ0v) is 76.9. The lowest BCUT2D eigenvalue weighted by molar-refractivity contribution is 0.0409. The molecule has 3 aliphatic carbocycles. The molecule has 32 heteroatoms. The Morgan fingerprint density at radius 1 is 0.302 bits per heavy atom. The summed E-state index contributed by atoms with van der Waals surface area (Å²) in [7, 11) is -5.80. The molecule has 0 fully saturated rings. The fourth-order valence-corrected chi connectivity index (χ4v) is 33.4. The first-order valence-electron chi connectivity index (χ1n) is 22.9. The van der Waals surface area contributed by atoms with Crippen LogP contribution in [0.2, 0.25) is 0 Å². The van der Waals surface area contributed by atoms with Gasteiger partial charge in [-0.15, -0.1) is 34.8 Å². The van der Waals surface area contributed by atoms with E-state index in [1.807, 2.05) is 0 Å². The van der Waals surface area contributed by atoms with Gasteiger partial charge in [0, 0.05) is 146 Å². The first kappa shape index (κ1) is 75.3. The second-order valence-corrected chi connectivity index (χ2v) is 39.9. The third-order valence-corrected chi connectivity index (χ3v) is 28.2. The van der Waals surface area contributed by atoms with E-state index in [9.17, 15) is 0 Å². The number of hydrogen-bond acceptors (Lipinski definition) is 4. The van der Waals surface area contributed by atoms with Crippen LogP contribution in [0, 0.1) is 0 Å². The predicted molar refractivity (Wildman–Crippen MR) is 422 cm³/mol. The number of allylic oxidation sites excluding steroid dienone is 6. The van der Waals surface area contributed by atoms with Crippen LogP contribution in [0.15, 0.2) is 202 Å². The lowest BCUT2D eigenvalue weighted by Gasteiger charge is -2.47. The summed E-state index contributed by atoms with van der Waals surface area (Å²) in [6.45, 7) is 0. The quantitative estimate of drug-likeness (QED) is 0.0905. The normalized spacial score (nSPS) is 23.4. The third-order valence-electron chi connectivity index (χ3n) is 13.0. The van der Waals surface area contributed by atoms with Crippen LogP contribution in [-0.4, -0.2) is 18.3 Å². The van der Waals surface area contributed by atoms with Gasteiger partial charge >= 0.3 is 7.82 Å². The van der Waals surface area contributed by atoms with Gasteiger partial charge in [0.25, 0.3) is 0 Å². The molecule has 452 valence electrons. The molecule has 0 aromatic heterocycles. The molecular formula is C54H18Br18Cl9O4P. The van der Waals surface area contributed by atoms with Crippen LogP contribution in [0.3, 0.4) is 0 Å². The van der Waals surface area contributed by atoms with Gasteiger partial charge in [-0.05, 0) is 91.0 Å². The van der Waals surface area contributed by atoms with Crippen LogP contribution in [0.4, 0.5) is 0 Å². The van der Waals surface area contributed by atoms with Gasteiger partial charge < -0.3 is 0 Å². The van der Waals surface area contributed by atoms with Crippen molar-refractivity contribution in [3.05, 3.63) is 235 Å². The monoisotopic (exact) mass is 2500 g/mol. The van der Waals surface area contributed by atoms with E-state index >= 15 is 4.57 Å². The van der Waals surface area contributed by atoms with E-state index < -0.39 is 40.8 Å². The molecule has 86 heavy (non-hydrogen) atoms. The van der Waals surface area contributed by atoms with Gasteiger partial charge in [-0.3, -0.25) is 13.6 Å². The Labute approximate surface area is 689 Å². The van der Waals surface area contributed by atoms with Crippen molar-refractivity contribution in [2.75, 3.05) is 0 Å². The molecule has 0 bridgehead atoms. The molecule has 9 rings (SSSR count). The number of hydrogen-bond donors (Lipinski definition) is 0. The predicted octanol–water partition coefficient (Wildman–Crippen LogP) is 31.7. The van der Waals surface area contributed by atoms with Gasteiger partial charge in [0.1, 0.15) is 32.9 Å². The Kier molecular flexibility index (Phi) is 26.1. The maximum Gasteiger partial charge on any atom is 0.476 e. The Bertz CT molecular complexity index is 3650. The number of phosphoric acid groups is 1. The smallest absolute Gasteiger partial charge is 0.275 e. The van der Waals surface area contributed by atoms with Gasteiger partial charge in [0.15, 0.2) is 0 Å². The largest absolute Gasteiger partial charge is 0.476 e. The van der Waals surface area contributed by atoms with E-state index in [0.717, 1.165) is 0 Å². The van der Waals surface area contributed by atoms with Crippen molar-refractivity contribution in [3.63, 3.8) is 0 Å². The minimum Gasteiger partial charge on any atom is -0.275 e. The van der Waals surface area contributed by atoms with Crippen molar-refractivity contribution < 1.29 is 18.1 Å². The second kappa shape index (κ2) is 29.7. The number of rotatable bonds is 12. The molecule has 0 saturated carbocycles. The summed E-state index contributed by atoms with van der Waals surface area (Å²) >= 11 is 138. The highest BCUT2D eigenvalue weighted by Crippen LogP contribution is 2.71. The van der Waals surface area contributed by atoms with Crippen molar-refractivity contribution in [2.45, 2.75) is 32.9 Å². The highest BCUT2D eigenvalue weighted by Gasteiger charge is 2.61. The van der Waals surface area contributed by atoms with Crippen LogP contribution in [-0.2, 0) is 32.8 Å². The maximum atomic E-state index is 18.0. The van der Waals surface area contributed by atoms with Crippen LogP contribution < -0.4 is 0 Å². The standard InChI is InChI=1S/C54H18Br18Cl9O4P/c55-16-1-22(61)40(23(62)2-16)46-34(73)13-37(76)49(52(46,79)43-28(67)7-19(58)8-29(43)68)83-86(82,84-50-38(77)14-35(74)47(41-24(63)3-17(56)4-25(41)64)53(50,80)44-30(69)9-20(59)10-31(44)70)85-51-39(78)15-36(75)48(42-26(65)5-18(57)6-27(42)66)54(51,81)45-32(71)11-21(60)12-33(45)72/h1-15,49-51H. The van der Waals surface area contributed by atoms with E-state index in [-0.39, 0.29) is 46.9 Å². The molecule has 6 unspecified atom stereocenters. The molecule has 4 nitrogen and oxygen atoms in total. The summed E-state index contributed by atoms with van der Waals surface area (Å²) in [6, 6.07) is 21.4. The van der Waals surface area contributed by atoms with E-state index in [0.29, 0.717) is 114 Å². The molecule has 0 saturated heterocycles. The molecule has 0 N–H and O–H groups in total. The van der Waals surface area contributed by atoms with Crippen molar-refractivity contribution in [2.24, 2.45) is 0 Å². The molecule has 0 spiro atoms. The summed E-state index contributed by atoms with van der Waals surface area (Å²) in [6.07, 6.45) is -1.24. The summed E-state index contributed by atoms with van der Waals surface area (Å²) in [5, 5.41) is -0.390. The van der Waals surface area contributed by atoms with Gasteiger partial charge in [-0.2, -0.15) is 0 Å². The summed E-state index contributed by atoms with van der Waals surface area (Å²) in [5.41, 5.74) is 2.81. The molecule has 6 atom stereocenters. The van der Waals surface area contributed by atoms with Crippen molar-refractivity contribution in [3.8, 4) is 0 Å². The average Bonchev–Trinajstić information content (AvgIpc) is 0.763. The van der Waals surface area contributed by atoms with E-state index in [1.165, 1.54) is 18.2 Å². The Morgan fingerprint density at radius 3 is 0.640 bits per heavy atom. The molecule has 0 amide bonds. The Morgan fingerprint density at radius 2 is 0.465 bits per heavy atom. The van der Waals surface area contributed by atoms with E-state index in [4.69, 9.17) is 118 Å². The Hall–Kier alpha value is 5.12. The molecule has 0 aliphatic heterocycles. The maximum absolute atomic E-state index is 18.0. The zero-order valence-electron chi connectivity index (χ0n) is 40.7. The van der Waals surface area contributed by atoms with Crippen LogP contribution >= 0.6 is 399 Å². The number of halogens is 27. The molecule has 0 heterocycles. The summed E-state index contributed by atoms with van der Waals surface area (Å²) in [4.78, 5) is -6.47. The van der Waals surface area contributed by atoms with Crippen LogP contribution in [0.25, 0.3) is 16.7 Å². The van der Waals surface area contributed by atoms with Gasteiger partial charge in [-0.25, -0.2) is 4.57 Å². The third kappa shape index (κ3) is 14.5. The average molecular weight is 2520 g/mol. The minimum atomic E-state index is -5.80. The Balaban J connectivity index is 1.41. The van der Waals surface area contributed by atoms with Gasteiger partial charge in [0.2, 0.25) is 0 Å². The van der Waals surface area contributed by atoms with E-state index in [1.54, 1.807) is 72.8 Å². The van der Waals surface area contributed by atoms with Crippen molar-refractivity contribution in [1.29, 1.82) is 0 Å². The van der Waals surface area contributed by atoms with Crippen LogP contribution in [0.5, 0.6) is 0 Å². The minimum absolute atomic E-state index is 0.0584. The second-order valence-electron chi connectivity index (χ2n) is 18.3. The fourth-order valence-electron chi connectivity index (χ4n) is 9.81. The topological polar surface area (TPSA) is 44.8 Å². The summed E-state index contributed by atoms with van der Waals surface area (Å²) in [5.74, 6) is 0. The zero-order chi connectivity index (χ0) is 63.5.